The molecule has 7 nitrogen and oxygen atoms in total. The molecule has 1 aliphatic rings. The summed E-state index contributed by atoms with van der Waals surface area (Å²) in [5.74, 6) is -1.57. The Kier molecular flexibility index (Phi) is 8.56. The molecule has 182 valence electrons. The first-order valence-corrected chi connectivity index (χ1v) is 11.6. The predicted octanol–water partition coefficient (Wildman–Crippen LogP) is 3.83. The van der Waals surface area contributed by atoms with Crippen LogP contribution >= 0.6 is 11.8 Å². The minimum atomic E-state index is -5.08. The number of carboxylic acids is 1. The van der Waals surface area contributed by atoms with Gasteiger partial charge in [-0.25, -0.2) is 9.78 Å². The van der Waals surface area contributed by atoms with E-state index in [0.717, 1.165) is 55.4 Å². The molecule has 0 spiro atoms. The first-order chi connectivity index (χ1) is 16.1. The number of hydrogen-bond donors (Lipinski definition) is 1. The van der Waals surface area contributed by atoms with Crippen molar-refractivity contribution in [2.45, 2.75) is 18.0 Å². The van der Waals surface area contributed by atoms with Crippen LogP contribution in [0.3, 0.4) is 0 Å². The quantitative estimate of drug-likeness (QED) is 0.544. The number of piperazine rings is 1. The van der Waals surface area contributed by atoms with Crippen LogP contribution in [0.15, 0.2) is 59.8 Å². The summed E-state index contributed by atoms with van der Waals surface area (Å²) in [5, 5.41) is 7.12. The molecule has 34 heavy (non-hydrogen) atoms. The molecule has 1 fully saturated rings. The van der Waals surface area contributed by atoms with Crippen molar-refractivity contribution in [1.29, 1.82) is 0 Å². The number of aromatic nitrogens is 2. The molecule has 0 bridgehead atoms. The number of aliphatic carboxylic acids is 1. The van der Waals surface area contributed by atoms with Crippen molar-refractivity contribution in [3.05, 3.63) is 66.1 Å². The van der Waals surface area contributed by atoms with E-state index in [1.54, 1.807) is 0 Å². The highest BCUT2D eigenvalue weighted by molar-refractivity contribution is 7.99. The summed E-state index contributed by atoms with van der Waals surface area (Å²) in [5.41, 5.74) is 2.57. The van der Waals surface area contributed by atoms with Gasteiger partial charge >= 0.3 is 12.1 Å². The zero-order chi connectivity index (χ0) is 24.7. The van der Waals surface area contributed by atoms with Crippen LogP contribution in [0.1, 0.15) is 16.1 Å². The number of nitrogens with zero attached hydrogens (tertiary/aromatic N) is 4. The molecular weight excluding hydrogens is 469 g/mol. The van der Waals surface area contributed by atoms with Crippen molar-refractivity contribution < 1.29 is 27.9 Å². The number of carboxylic acid groups (broad SMARTS) is 1. The molecule has 1 N–H and O–H groups in total. The number of thioether (sulfide) groups is 1. The van der Waals surface area contributed by atoms with Gasteiger partial charge in [0.25, 0.3) is 5.91 Å². The molecule has 3 aromatic rings. The van der Waals surface area contributed by atoms with Crippen LogP contribution in [-0.4, -0.2) is 80.8 Å². The number of amides is 1. The molecule has 11 heteroatoms. The molecule has 0 atom stereocenters. The van der Waals surface area contributed by atoms with Gasteiger partial charge in [0, 0.05) is 55.8 Å². The SMILES string of the molecule is Cc1cn2cc(C(=O)N3CCN(CCSc4ccccc4)CC3)ccc2n1.O=C(O)C(F)(F)F. The highest BCUT2D eigenvalue weighted by atomic mass is 32.2. The molecule has 1 aliphatic heterocycles. The van der Waals surface area contributed by atoms with Gasteiger partial charge in [0.05, 0.1) is 11.3 Å². The Hall–Kier alpha value is -3.05. The van der Waals surface area contributed by atoms with E-state index in [1.165, 1.54) is 4.90 Å². The maximum Gasteiger partial charge on any atom is 0.490 e. The lowest BCUT2D eigenvalue weighted by Gasteiger charge is -2.34. The average Bonchev–Trinajstić information content (AvgIpc) is 3.19. The number of imidazole rings is 1. The topological polar surface area (TPSA) is 78.2 Å². The van der Waals surface area contributed by atoms with Gasteiger partial charge in [-0.3, -0.25) is 9.69 Å². The Morgan fingerprint density at radius 3 is 2.29 bits per heavy atom. The minimum absolute atomic E-state index is 0.113. The number of pyridine rings is 1. The van der Waals surface area contributed by atoms with E-state index in [0.29, 0.717) is 0 Å². The molecule has 4 rings (SSSR count). The summed E-state index contributed by atoms with van der Waals surface area (Å²) in [6.07, 6.45) is -1.24. The summed E-state index contributed by atoms with van der Waals surface area (Å²) >= 11 is 1.89. The molecule has 0 radical (unpaired) electrons. The van der Waals surface area contributed by atoms with Gasteiger partial charge in [-0.2, -0.15) is 13.2 Å². The van der Waals surface area contributed by atoms with Crippen LogP contribution in [0.5, 0.6) is 0 Å². The lowest BCUT2D eigenvalue weighted by atomic mass is 10.2. The zero-order valence-corrected chi connectivity index (χ0v) is 19.3. The van der Waals surface area contributed by atoms with Crippen molar-refractivity contribution in [2.24, 2.45) is 0 Å². The minimum Gasteiger partial charge on any atom is -0.475 e. The van der Waals surface area contributed by atoms with Crippen LogP contribution in [0.4, 0.5) is 13.2 Å². The maximum atomic E-state index is 12.8. The monoisotopic (exact) mass is 494 g/mol. The van der Waals surface area contributed by atoms with E-state index in [4.69, 9.17) is 9.90 Å². The standard InChI is InChI=1S/C21H24N4OS.C2HF3O2/c1-17-15-25-16-18(7-8-20(25)22-17)21(26)24-11-9-23(10-12-24)13-14-27-19-5-3-2-4-6-19;3-2(4,5)1(6)7/h2-8,15-16H,9-14H2,1H3;(H,6,7). The Morgan fingerprint density at radius 2 is 1.68 bits per heavy atom. The second-order valence-corrected chi connectivity index (χ2v) is 8.83. The van der Waals surface area contributed by atoms with Gasteiger partial charge in [0.2, 0.25) is 0 Å². The summed E-state index contributed by atoms with van der Waals surface area (Å²) in [6, 6.07) is 14.3. The van der Waals surface area contributed by atoms with Crippen LogP contribution in [0.2, 0.25) is 0 Å². The Balaban J connectivity index is 0.000000406. The Labute approximate surface area is 199 Å². The smallest absolute Gasteiger partial charge is 0.475 e. The highest BCUT2D eigenvalue weighted by Gasteiger charge is 2.38. The van der Waals surface area contributed by atoms with Crippen molar-refractivity contribution >= 4 is 29.3 Å². The number of carbonyl (C=O) groups excluding carboxylic acids is 1. The van der Waals surface area contributed by atoms with Gasteiger partial charge in [0.1, 0.15) is 5.65 Å². The predicted molar refractivity (Wildman–Crippen MR) is 123 cm³/mol. The molecular formula is C23H25F3N4O3S. The van der Waals surface area contributed by atoms with E-state index in [-0.39, 0.29) is 5.91 Å². The van der Waals surface area contributed by atoms with E-state index >= 15 is 0 Å². The molecule has 0 saturated carbocycles. The summed E-state index contributed by atoms with van der Waals surface area (Å²) in [4.78, 5) is 31.9. The van der Waals surface area contributed by atoms with Crippen LogP contribution < -0.4 is 0 Å². The van der Waals surface area contributed by atoms with Crippen molar-refractivity contribution in [1.82, 2.24) is 19.2 Å². The van der Waals surface area contributed by atoms with Crippen LogP contribution in [0.25, 0.3) is 5.65 Å². The molecule has 1 aromatic carbocycles. The second-order valence-electron chi connectivity index (χ2n) is 7.66. The van der Waals surface area contributed by atoms with Crippen molar-refractivity contribution in [3.63, 3.8) is 0 Å². The zero-order valence-electron chi connectivity index (χ0n) is 18.5. The first kappa shape index (κ1) is 25.6. The third-order valence-corrected chi connectivity index (χ3v) is 6.13. The molecule has 1 amide bonds. The van der Waals surface area contributed by atoms with Gasteiger partial charge in [0.15, 0.2) is 0 Å². The van der Waals surface area contributed by atoms with E-state index < -0.39 is 12.1 Å². The van der Waals surface area contributed by atoms with Gasteiger partial charge in [-0.15, -0.1) is 11.8 Å². The number of aryl methyl sites for hydroxylation is 1. The van der Waals surface area contributed by atoms with E-state index in [1.807, 2.05) is 58.6 Å². The Morgan fingerprint density at radius 1 is 1.03 bits per heavy atom. The van der Waals surface area contributed by atoms with E-state index in [2.05, 4.69) is 34.1 Å². The number of alkyl halides is 3. The van der Waals surface area contributed by atoms with E-state index in [9.17, 15) is 18.0 Å². The molecule has 1 saturated heterocycles. The third-order valence-electron chi connectivity index (χ3n) is 5.14. The number of hydrogen-bond acceptors (Lipinski definition) is 5. The third kappa shape index (κ3) is 7.22. The lowest BCUT2D eigenvalue weighted by Crippen LogP contribution is -2.49. The van der Waals surface area contributed by atoms with Crippen LogP contribution in [0, 0.1) is 6.92 Å². The fourth-order valence-corrected chi connectivity index (χ4v) is 4.35. The summed E-state index contributed by atoms with van der Waals surface area (Å²) in [6.45, 7) is 6.47. The summed E-state index contributed by atoms with van der Waals surface area (Å²) < 4.78 is 33.7. The van der Waals surface area contributed by atoms with Gasteiger partial charge in [-0.05, 0) is 31.2 Å². The highest BCUT2D eigenvalue weighted by Crippen LogP contribution is 2.18. The average molecular weight is 495 g/mol. The Bertz CT molecular complexity index is 1110. The normalized spacial score (nSPS) is 14.5. The number of rotatable bonds is 5. The van der Waals surface area contributed by atoms with Crippen molar-refractivity contribution in [3.8, 4) is 0 Å². The van der Waals surface area contributed by atoms with Crippen LogP contribution in [-0.2, 0) is 4.79 Å². The van der Waals surface area contributed by atoms with Gasteiger partial charge in [-0.1, -0.05) is 18.2 Å². The molecule has 0 aliphatic carbocycles. The second kappa shape index (κ2) is 11.4. The lowest BCUT2D eigenvalue weighted by molar-refractivity contribution is -0.192. The molecule has 3 heterocycles. The number of benzene rings is 1. The fourth-order valence-electron chi connectivity index (χ4n) is 3.41. The van der Waals surface area contributed by atoms with Crippen molar-refractivity contribution in [2.75, 3.05) is 38.5 Å². The summed E-state index contributed by atoms with van der Waals surface area (Å²) in [7, 11) is 0. The maximum absolute atomic E-state index is 12.8. The van der Waals surface area contributed by atoms with Gasteiger partial charge < -0.3 is 14.4 Å². The molecule has 0 unspecified atom stereocenters. The number of fused-ring (bicyclic) bond motifs is 1. The first-order valence-electron chi connectivity index (χ1n) is 10.6. The number of halogens is 3. The largest absolute Gasteiger partial charge is 0.490 e. The fraction of sp³-hybridized carbons (Fsp3) is 0.348. The number of carbonyl (C=O) groups is 2. The molecule has 2 aromatic heterocycles.